The molecular weight excluding hydrogens is 1750 g/mol. The minimum Gasteiger partial charge on any atom is -0.504 e. The van der Waals surface area contributed by atoms with Crippen LogP contribution in [0.4, 0.5) is 22.7 Å². The Hall–Kier alpha value is -11.5. The highest BCUT2D eigenvalue weighted by Gasteiger charge is 2.61. The number of likely N-dealkylation sites (N-methyl/N-ethyl adjacent to an activating group) is 1. The number of hydrogen-bond donors (Lipinski definition) is 3. The second-order valence-electron chi connectivity index (χ2n) is 37.5. The number of likely N-dealkylation sites (tertiary alicyclic amines) is 1. The molecule has 7 heterocycles. The van der Waals surface area contributed by atoms with Gasteiger partial charge in [-0.15, -0.1) is 0 Å². The van der Waals surface area contributed by atoms with Gasteiger partial charge in [-0.25, -0.2) is 17.4 Å². The lowest BCUT2D eigenvalue weighted by atomic mass is 9.64. The Labute approximate surface area is 801 Å². The minimum atomic E-state index is -4.11. The number of benzene rings is 6. The Kier molecular flexibility index (Phi) is 35.3. The Morgan fingerprint density at radius 3 is 2.04 bits per heavy atom. The number of para-hydroxylation sites is 2. The lowest BCUT2D eigenvalue weighted by Gasteiger charge is -2.38. The summed E-state index contributed by atoms with van der Waals surface area (Å²) in [5.41, 5.74) is 12.1. The number of halogens is 2. The predicted molar refractivity (Wildman–Crippen MR) is 536 cm³/mol. The molecule has 134 heavy (non-hydrogen) atoms. The van der Waals surface area contributed by atoms with Crippen molar-refractivity contribution < 1.29 is 56.6 Å². The average Bonchev–Trinajstić information content (AvgIpc) is 1.55. The highest BCUT2D eigenvalue weighted by Crippen LogP contribution is 2.55. The number of carbonyl (C=O) groups excluding carboxylic acids is 7. The molecule has 6 amide bonds. The maximum Gasteiger partial charge on any atom is 0.260 e. The summed E-state index contributed by atoms with van der Waals surface area (Å²) in [6.45, 7) is 27.7. The van der Waals surface area contributed by atoms with Crippen molar-refractivity contribution in [3.05, 3.63) is 308 Å². The van der Waals surface area contributed by atoms with Gasteiger partial charge in [-0.1, -0.05) is 167 Å². The molecule has 5 aliphatic heterocycles. The lowest BCUT2D eigenvalue weighted by molar-refractivity contribution is -0.135. The fourth-order valence-electron chi connectivity index (χ4n) is 18.8. The van der Waals surface area contributed by atoms with Crippen LogP contribution in [0.15, 0.2) is 248 Å². The number of nitrogens with zero attached hydrogens (tertiary/aromatic N) is 9. The SMILES string of the molecule is CC(C)NC(=O)C[C@H]1CCCN(C(=O)c2ccc(N3CCCC3)cc2Cl)c2ccccc21.CCN(C)CCOC.CO/C=C/C(=C\C=C\S(=O)(=O)N1C(=O)C2(CCC(O)CC2)C2C=C(C)C=CC21)C(=O)CC(C)(C)C.Cc1ccccc1C(=O)Nc1ccc(C(=O)N2CCCC(C)C3C=CC=CC32)cc1.Cc1ccn(-c2ccc(C(=O)N3Cc4cccn4Cc4ccccc43)c(Cl)c2)n1. The lowest BCUT2D eigenvalue weighted by Crippen LogP contribution is -2.43. The Morgan fingerprint density at radius 2 is 1.37 bits per heavy atom. The zero-order valence-electron chi connectivity index (χ0n) is 79.6. The highest BCUT2D eigenvalue weighted by molar-refractivity contribution is 7.92. The monoisotopic (exact) mass is 1880 g/mol. The number of anilines is 4. The van der Waals surface area contributed by atoms with Crippen LogP contribution in [0.25, 0.3) is 5.69 Å². The van der Waals surface area contributed by atoms with Crippen molar-refractivity contribution in [2.45, 2.75) is 190 Å². The molecule has 5 unspecified atom stereocenters. The number of aliphatic hydroxyl groups is 1. The number of carbonyl (C=O) groups is 7. The van der Waals surface area contributed by atoms with E-state index in [-0.39, 0.29) is 71.1 Å². The highest BCUT2D eigenvalue weighted by atomic mass is 35.5. The van der Waals surface area contributed by atoms with E-state index in [1.807, 2.05) is 216 Å². The van der Waals surface area contributed by atoms with Gasteiger partial charge >= 0.3 is 0 Å². The van der Waals surface area contributed by atoms with Crippen molar-refractivity contribution in [3.63, 3.8) is 0 Å². The van der Waals surface area contributed by atoms with E-state index in [4.69, 9.17) is 32.7 Å². The zero-order chi connectivity index (χ0) is 96.1. The number of ether oxygens (including phenoxy) is 2. The first kappa shape index (κ1) is 101. The molecule has 0 bridgehead atoms. The Balaban J connectivity index is 0.000000157. The van der Waals surface area contributed by atoms with Crippen molar-refractivity contribution in [1.82, 2.24) is 33.8 Å². The number of amides is 6. The van der Waals surface area contributed by atoms with E-state index in [0.29, 0.717) is 101 Å². The summed E-state index contributed by atoms with van der Waals surface area (Å²) in [7, 11) is 1.16. The van der Waals surface area contributed by atoms with E-state index in [0.717, 1.165) is 138 Å². The van der Waals surface area contributed by atoms with Gasteiger partial charge in [0.1, 0.15) is 0 Å². The van der Waals surface area contributed by atoms with E-state index >= 15 is 0 Å². The van der Waals surface area contributed by atoms with Gasteiger partial charge in [0.15, 0.2) is 5.78 Å². The summed E-state index contributed by atoms with van der Waals surface area (Å²) in [4.78, 5) is 102. The molecule has 0 radical (unpaired) electrons. The van der Waals surface area contributed by atoms with Crippen molar-refractivity contribution in [3.8, 4) is 5.69 Å². The summed E-state index contributed by atoms with van der Waals surface area (Å²) >= 11 is 13.2. The summed E-state index contributed by atoms with van der Waals surface area (Å²) in [5.74, 6) is -0.0139. The number of rotatable bonds is 21. The molecule has 8 aromatic rings. The van der Waals surface area contributed by atoms with Gasteiger partial charge < -0.3 is 54.3 Å². The van der Waals surface area contributed by atoms with E-state index in [9.17, 15) is 47.1 Å². The quantitative estimate of drug-likeness (QED) is 0.0343. The maximum atomic E-state index is 13.7. The number of fused-ring (bicyclic) bond motifs is 6. The first-order valence-electron chi connectivity index (χ1n) is 46.9. The molecule has 8 aliphatic rings. The summed E-state index contributed by atoms with van der Waals surface area (Å²) in [6, 6.07) is 47.6. The van der Waals surface area contributed by atoms with Gasteiger partial charge in [0.25, 0.3) is 33.7 Å². The molecule has 26 heteroatoms. The summed E-state index contributed by atoms with van der Waals surface area (Å²) in [6.07, 6.45) is 32.1. The van der Waals surface area contributed by atoms with E-state index < -0.39 is 33.5 Å². The molecule has 3 aliphatic carbocycles. The van der Waals surface area contributed by atoms with Crippen molar-refractivity contribution in [2.75, 3.05) is 87.2 Å². The fourth-order valence-corrected chi connectivity index (χ4v) is 20.7. The van der Waals surface area contributed by atoms with Crippen LogP contribution < -0.4 is 25.3 Å². The first-order chi connectivity index (χ1) is 64.2. The molecule has 4 fully saturated rings. The Bertz CT molecular complexity index is 5830. The average molecular weight is 1880 g/mol. The molecule has 16 rings (SSSR count). The summed E-state index contributed by atoms with van der Waals surface area (Å²) in [5, 5.41) is 22.2. The number of allylic oxidation sites excluding steroid dienone is 8. The second-order valence-corrected chi connectivity index (χ2v) is 40.0. The van der Waals surface area contributed by atoms with Crippen LogP contribution in [0.2, 0.25) is 10.0 Å². The van der Waals surface area contributed by atoms with Crippen LogP contribution in [-0.2, 0) is 47.0 Å². The Morgan fingerprint density at radius 1 is 0.709 bits per heavy atom. The van der Waals surface area contributed by atoms with Crippen molar-refractivity contribution in [2.24, 2.45) is 28.6 Å². The molecular formula is C108H131Cl2N11O12S. The number of methoxy groups -OCH3 is 2. The van der Waals surface area contributed by atoms with Crippen LogP contribution in [-0.4, -0.2) is 175 Å². The van der Waals surface area contributed by atoms with E-state index in [1.54, 1.807) is 42.1 Å². The van der Waals surface area contributed by atoms with Crippen molar-refractivity contribution in [1.29, 1.82) is 0 Å². The topological polar surface area (TPSA) is 259 Å². The van der Waals surface area contributed by atoms with Crippen LogP contribution >= 0.6 is 23.2 Å². The number of aromatic nitrogens is 3. The molecule has 1 spiro atoms. The second kappa shape index (κ2) is 46.6. The van der Waals surface area contributed by atoms with Gasteiger partial charge in [0, 0.05) is 135 Å². The number of aryl methyl sites for hydroxylation is 2. The number of aliphatic hydroxyl groups excluding tert-OH is 1. The van der Waals surface area contributed by atoms with Crippen molar-refractivity contribution >= 4 is 97.2 Å². The number of Topliss-reactive ketones (excluding diaryl/α,β-unsaturated/α-hetero) is 1. The van der Waals surface area contributed by atoms with Crippen LogP contribution in [0.1, 0.15) is 208 Å². The summed E-state index contributed by atoms with van der Waals surface area (Å²) < 4.78 is 41.6. The molecule has 2 aromatic heterocycles. The number of hydrogen-bond acceptors (Lipinski definition) is 15. The van der Waals surface area contributed by atoms with Gasteiger partial charge in [-0.05, 0) is 256 Å². The standard InChI is InChI=1S/C27H37NO6S.C26H32ClN3O2.C26H28N2O2.C23H19ClN4O.C6H15NO/c1-19-8-9-23-22(17-19)27(13-10-21(29)11-14-27)25(31)28(23)35(32,33)16-6-7-20(12-15-34-5)24(30)18-26(2,3)4;1-18(2)28-25(31)16-19-8-7-15-30(24-10-4-3-9-21(19)24)26(32)22-12-11-20(17-23(22)27)29-13-5-6-14-29;1-18-9-7-17-28(24-12-6-5-10-22(18)24)26(30)20-13-15-21(16-14-20)27-25(29)23-11-4-3-8-19(23)2;1-16-10-12-28(25-16)18-8-9-20(21(24)13-18)23(29)27-15-19-6-4-11-26(19)14-17-5-2-3-7-22(17)27;1-4-7(2)5-6-8-3/h6-9,12,15-17,21-23,29H,10-11,13-14,18H2,1-5H3;3-4,9-12,17-19H,5-8,13-16H2,1-2H3,(H,28,31);3-6,8,10-16,18,22,24H,7,9,17H2,1-2H3,(H,27,29);2-13H,14-15H2,1H3;4-6H2,1-3H3/b15-12+,16-6+,20-7+;;;;/t;19-;;;/m.1.../s1. The molecule has 3 N–H and O–H groups in total. The fraction of sp³-hybridized carbons (Fsp3) is 0.407. The van der Waals surface area contributed by atoms with E-state index in [1.165, 1.54) is 44.4 Å². The largest absolute Gasteiger partial charge is 0.504 e. The number of sulfonamides is 1. The van der Waals surface area contributed by atoms with Gasteiger partial charge in [0.2, 0.25) is 11.8 Å². The molecule has 710 valence electrons. The first-order valence-corrected chi connectivity index (χ1v) is 49.1. The van der Waals surface area contributed by atoms with Gasteiger partial charge in [-0.2, -0.15) is 5.10 Å². The molecule has 23 nitrogen and oxygen atoms in total. The van der Waals surface area contributed by atoms with Crippen LogP contribution in [0, 0.1) is 42.4 Å². The third-order valence-corrected chi connectivity index (χ3v) is 28.2. The predicted octanol–water partition coefficient (Wildman–Crippen LogP) is 20.2. The smallest absolute Gasteiger partial charge is 0.260 e. The normalized spacial score (nSPS) is 20.7. The maximum absolute atomic E-state index is 13.7. The third-order valence-electron chi connectivity index (χ3n) is 26.1. The molecule has 6 atom stereocenters. The van der Waals surface area contributed by atoms with Crippen LogP contribution in [0.5, 0.6) is 0 Å². The van der Waals surface area contributed by atoms with Crippen LogP contribution in [0.3, 0.4) is 0 Å². The van der Waals surface area contributed by atoms with E-state index in [2.05, 4.69) is 81.4 Å². The molecule has 6 aromatic carbocycles. The van der Waals surface area contributed by atoms with Gasteiger partial charge in [-0.3, -0.25) is 33.6 Å². The number of nitrogens with one attached hydrogen (secondary N) is 2. The van der Waals surface area contributed by atoms with Gasteiger partial charge in [0.05, 0.1) is 88.1 Å². The molecule has 3 saturated heterocycles. The zero-order valence-corrected chi connectivity index (χ0v) is 81.9. The third kappa shape index (κ3) is 25.5. The molecule has 1 saturated carbocycles. The number of ketones is 1. The minimum absolute atomic E-state index is 0.0517.